The number of hydrogen-bond acceptors (Lipinski definition) is 21. The number of esters is 6. The molecule has 368 valence electrons. The van der Waals surface area contributed by atoms with Crippen molar-refractivity contribution >= 4 is 54.8 Å². The Kier molecular flexibility index (Phi) is 29.2. The fourth-order valence-electron chi connectivity index (χ4n) is 5.76. The van der Waals surface area contributed by atoms with Crippen LogP contribution in [0.1, 0.15) is 41.8 Å². The normalized spacial score (nSPS) is 11.3. The Bertz CT molecular complexity index is 1860. The zero-order chi connectivity index (χ0) is 49.4. The number of carbonyl (C=O) groups is 6. The first-order valence-corrected chi connectivity index (χ1v) is 23.0. The molecule has 0 aliphatic heterocycles. The van der Waals surface area contributed by atoms with E-state index < -0.39 is 43.5 Å². The summed E-state index contributed by atoms with van der Waals surface area (Å²) in [6.07, 6.45) is 1.64. The number of ether oxygens (including phenoxy) is 7. The van der Waals surface area contributed by atoms with Gasteiger partial charge in [0.15, 0.2) is 0 Å². The molecule has 0 fully saturated rings. The number of nitriles is 1. The van der Waals surface area contributed by atoms with Gasteiger partial charge in [0.2, 0.25) is 0 Å². The fourth-order valence-corrected chi connectivity index (χ4v) is 6.75. The van der Waals surface area contributed by atoms with Crippen LogP contribution < -0.4 is 4.74 Å². The van der Waals surface area contributed by atoms with Gasteiger partial charge in [-0.3, -0.25) is 53.4 Å². The molecule has 21 nitrogen and oxygen atoms in total. The third kappa shape index (κ3) is 25.9. The van der Waals surface area contributed by atoms with E-state index in [2.05, 4.69) is 11.8 Å². The maximum absolute atomic E-state index is 12.6. The van der Waals surface area contributed by atoms with Gasteiger partial charge in [0.05, 0.1) is 126 Å². The van der Waals surface area contributed by atoms with Crippen LogP contribution in [0.5, 0.6) is 5.75 Å². The van der Waals surface area contributed by atoms with Gasteiger partial charge >= 0.3 is 35.8 Å². The molecule has 2 aromatic rings. The molecule has 67 heavy (non-hydrogen) atoms. The molecule has 0 bridgehead atoms. The highest BCUT2D eigenvalue weighted by Crippen LogP contribution is 2.43. The lowest BCUT2D eigenvalue weighted by atomic mass is 10.1. The second-order valence-corrected chi connectivity index (χ2v) is 16.0. The number of nitrogens with zero attached hydrogens (tertiary/aromatic N) is 6. The van der Waals surface area contributed by atoms with Crippen molar-refractivity contribution in [3.05, 3.63) is 58.9 Å². The maximum Gasteiger partial charge on any atom is 0.319 e. The second kappa shape index (κ2) is 33.9. The lowest BCUT2D eigenvalue weighted by Crippen LogP contribution is -2.42. The standard InChI is InChI=1S/C44H60ClN6O15P/c1-58-39(52)28-48(17-19-50(30-41(54)60-3)31-42(55)61-4)26-36-24-35(11-10-34-12-14-38(15-13-34)64-21-7-8-22-65-67(45)66-23-9-16-46)25-37(47-36)27-49(29-40(53)59-2)18-20-51(32-43(56)62-5)33-44(57)63-6/h12-15,24-25H,7-9,17-23,26-33H2,1-6H3. The number of hydrogen-bond donors (Lipinski definition) is 0. The first-order chi connectivity index (χ1) is 32.2. The molecule has 0 saturated carbocycles. The van der Waals surface area contributed by atoms with E-state index in [9.17, 15) is 28.8 Å². The SMILES string of the molecule is COC(=O)CN(CCN(CC(=O)OC)Cc1cc(C#Cc2ccc(OCCCCOP(Cl)OCCC#N)cc2)cc(CN(CCN(CC(=O)OC)CC(=O)OC)CC(=O)OC)n1)CC(=O)OC. The third-order valence-electron chi connectivity index (χ3n) is 9.26. The van der Waals surface area contributed by atoms with Crippen molar-refractivity contribution in [2.24, 2.45) is 0 Å². The van der Waals surface area contributed by atoms with Gasteiger partial charge < -0.3 is 42.2 Å². The number of rotatable bonds is 32. The monoisotopic (exact) mass is 978 g/mol. The van der Waals surface area contributed by atoms with E-state index in [1.165, 1.54) is 52.5 Å². The predicted octanol–water partition coefficient (Wildman–Crippen LogP) is 2.30. The van der Waals surface area contributed by atoms with E-state index in [1.54, 1.807) is 34.1 Å². The highest BCUT2D eigenvalue weighted by molar-refractivity contribution is 7.76. The molecule has 1 unspecified atom stereocenters. The summed E-state index contributed by atoms with van der Waals surface area (Å²) in [4.78, 5) is 85.4. The molecule has 2 rings (SSSR count). The Labute approximate surface area is 397 Å². The second-order valence-electron chi connectivity index (χ2n) is 14.3. The summed E-state index contributed by atoms with van der Waals surface area (Å²) in [5, 5.41) is 8.60. The van der Waals surface area contributed by atoms with E-state index in [1.807, 2.05) is 18.2 Å². The number of halogens is 1. The number of carbonyl (C=O) groups excluding carboxylic acids is 6. The fraction of sp³-hybridized carbons (Fsp3) is 0.545. The van der Waals surface area contributed by atoms with Crippen molar-refractivity contribution in [1.29, 1.82) is 5.26 Å². The summed E-state index contributed by atoms with van der Waals surface area (Å²) in [7, 11) is 5.90. The maximum atomic E-state index is 12.6. The molecule has 0 N–H and O–H groups in total. The minimum atomic E-state index is -1.55. The van der Waals surface area contributed by atoms with Crippen LogP contribution in [0.4, 0.5) is 0 Å². The molecule has 23 heteroatoms. The van der Waals surface area contributed by atoms with Crippen LogP contribution in [0.25, 0.3) is 0 Å². The van der Waals surface area contributed by atoms with Crippen molar-refractivity contribution < 1.29 is 71.0 Å². The van der Waals surface area contributed by atoms with Crippen LogP contribution in [-0.4, -0.2) is 188 Å². The first-order valence-electron chi connectivity index (χ1n) is 20.9. The van der Waals surface area contributed by atoms with E-state index in [-0.39, 0.29) is 91.6 Å². The molecular weight excluding hydrogens is 919 g/mol. The quantitative estimate of drug-likeness (QED) is 0.0336. The van der Waals surface area contributed by atoms with Crippen LogP contribution in [0, 0.1) is 23.2 Å². The van der Waals surface area contributed by atoms with Crippen LogP contribution in [0.2, 0.25) is 0 Å². The lowest BCUT2D eigenvalue weighted by molar-refractivity contribution is -0.147. The van der Waals surface area contributed by atoms with Crippen LogP contribution in [0.3, 0.4) is 0 Å². The lowest BCUT2D eigenvalue weighted by Gasteiger charge is -2.27. The number of methoxy groups -OCH3 is 6. The molecule has 1 atom stereocenters. The first kappa shape index (κ1) is 57.6. The van der Waals surface area contributed by atoms with E-state index in [0.29, 0.717) is 54.3 Å². The van der Waals surface area contributed by atoms with Crippen molar-refractivity contribution in [2.45, 2.75) is 32.4 Å². The van der Waals surface area contributed by atoms with Gasteiger partial charge in [-0.1, -0.05) is 11.8 Å². The summed E-state index contributed by atoms with van der Waals surface area (Å²) < 4.78 is 45.7. The van der Waals surface area contributed by atoms with Gasteiger partial charge in [-0.05, 0) is 60.5 Å². The average molecular weight is 979 g/mol. The summed E-state index contributed by atoms with van der Waals surface area (Å²) in [5.41, 5.74) is 2.19. The summed E-state index contributed by atoms with van der Waals surface area (Å²) in [6, 6.07) is 12.7. The van der Waals surface area contributed by atoms with Crippen molar-refractivity contribution in [1.82, 2.24) is 24.6 Å². The minimum absolute atomic E-state index is 0.0899. The molecule has 1 aromatic heterocycles. The Balaban J connectivity index is 2.44. The number of unbranched alkanes of at least 4 members (excludes halogenated alkanes) is 1. The van der Waals surface area contributed by atoms with Crippen molar-refractivity contribution in [3.63, 3.8) is 0 Å². The molecule has 0 radical (unpaired) electrons. The van der Waals surface area contributed by atoms with Gasteiger partial charge in [-0.2, -0.15) is 5.26 Å². The van der Waals surface area contributed by atoms with Crippen molar-refractivity contribution in [2.75, 3.05) is 128 Å². The summed E-state index contributed by atoms with van der Waals surface area (Å²) in [6.45, 7) is 0.708. The highest BCUT2D eigenvalue weighted by atomic mass is 35.7. The van der Waals surface area contributed by atoms with Crippen molar-refractivity contribution in [3.8, 4) is 23.7 Å². The highest BCUT2D eigenvalue weighted by Gasteiger charge is 2.22. The Morgan fingerprint density at radius 2 is 0.925 bits per heavy atom. The molecule has 0 saturated heterocycles. The smallest absolute Gasteiger partial charge is 0.319 e. The average Bonchev–Trinajstić information content (AvgIpc) is 3.32. The zero-order valence-corrected chi connectivity index (χ0v) is 40.5. The number of pyridine rings is 1. The van der Waals surface area contributed by atoms with Gasteiger partial charge in [-0.15, -0.1) is 0 Å². The predicted molar refractivity (Wildman–Crippen MR) is 242 cm³/mol. The van der Waals surface area contributed by atoms with E-state index in [4.69, 9.17) is 63.7 Å². The van der Waals surface area contributed by atoms with E-state index >= 15 is 0 Å². The molecular formula is C44H60ClN6O15P. The Morgan fingerprint density at radius 1 is 0.552 bits per heavy atom. The Hall–Kier alpha value is -5.48. The molecule has 0 aliphatic rings. The van der Waals surface area contributed by atoms with E-state index in [0.717, 1.165) is 0 Å². The van der Waals surface area contributed by atoms with Crippen LogP contribution >= 0.6 is 19.0 Å². The number of aromatic nitrogens is 1. The minimum Gasteiger partial charge on any atom is -0.494 e. The third-order valence-corrected chi connectivity index (χ3v) is 10.6. The van der Waals surface area contributed by atoms with Crippen LogP contribution in [-0.2, 0) is 79.3 Å². The molecule has 1 aromatic carbocycles. The zero-order valence-electron chi connectivity index (χ0n) is 38.8. The van der Waals surface area contributed by atoms with Gasteiger partial charge in [-0.25, -0.2) is 0 Å². The molecule has 1 heterocycles. The molecule has 0 aliphatic carbocycles. The topological polar surface area (TPSA) is 235 Å². The van der Waals surface area contributed by atoms with Gasteiger partial charge in [0.25, 0.3) is 7.73 Å². The van der Waals surface area contributed by atoms with Gasteiger partial charge in [0.1, 0.15) is 5.75 Å². The molecule has 0 amide bonds. The molecule has 0 spiro atoms. The largest absolute Gasteiger partial charge is 0.494 e. The summed E-state index contributed by atoms with van der Waals surface area (Å²) >= 11 is 5.99. The number of benzene rings is 1. The summed E-state index contributed by atoms with van der Waals surface area (Å²) in [5.74, 6) is 3.63. The van der Waals surface area contributed by atoms with Gasteiger partial charge in [0, 0.05) is 50.4 Å². The van der Waals surface area contributed by atoms with Crippen LogP contribution in [0.15, 0.2) is 36.4 Å². The Morgan fingerprint density at radius 3 is 1.34 bits per heavy atom.